The van der Waals surface area contributed by atoms with Crippen molar-refractivity contribution in [3.05, 3.63) is 28.8 Å². The first-order valence-corrected chi connectivity index (χ1v) is 8.57. The number of phenolic OH excluding ortho intramolecular Hbond substituents is 1. The molecule has 2 rings (SSSR count). The summed E-state index contributed by atoms with van der Waals surface area (Å²) < 4.78 is 0. The van der Waals surface area contributed by atoms with E-state index in [1.54, 1.807) is 0 Å². The van der Waals surface area contributed by atoms with Crippen LogP contribution in [0.4, 0.5) is 0 Å². The summed E-state index contributed by atoms with van der Waals surface area (Å²) in [6.07, 6.45) is 1.81. The fourth-order valence-electron chi connectivity index (χ4n) is 3.11. The van der Waals surface area contributed by atoms with Crippen molar-refractivity contribution in [1.82, 2.24) is 9.80 Å². The molecule has 0 saturated carbocycles. The number of carbonyl (C=O) groups is 1. The molecular formula is C19H30N2O2. The lowest BCUT2D eigenvalue weighted by Crippen LogP contribution is -2.43. The fraction of sp³-hybridized carbons (Fsp3) is 0.632. The van der Waals surface area contributed by atoms with Crippen LogP contribution in [0.3, 0.4) is 0 Å². The van der Waals surface area contributed by atoms with Gasteiger partial charge in [-0.1, -0.05) is 6.07 Å². The Bertz CT molecular complexity index is 561. The van der Waals surface area contributed by atoms with Gasteiger partial charge in [-0.3, -0.25) is 9.69 Å². The molecule has 4 nitrogen and oxygen atoms in total. The number of hydrogen-bond acceptors (Lipinski definition) is 3. The number of carbonyl (C=O) groups excluding carboxylic acids is 1. The quantitative estimate of drug-likeness (QED) is 0.928. The second-order valence-corrected chi connectivity index (χ2v) is 7.16. The van der Waals surface area contributed by atoms with Gasteiger partial charge < -0.3 is 10.0 Å². The van der Waals surface area contributed by atoms with Gasteiger partial charge in [-0.15, -0.1) is 0 Å². The lowest BCUT2D eigenvalue weighted by Gasteiger charge is -2.34. The average molecular weight is 318 g/mol. The van der Waals surface area contributed by atoms with E-state index in [-0.39, 0.29) is 17.9 Å². The van der Waals surface area contributed by atoms with Gasteiger partial charge in [0.25, 0.3) is 0 Å². The van der Waals surface area contributed by atoms with Crippen LogP contribution >= 0.6 is 0 Å². The molecule has 1 N–H and O–H groups in total. The first-order valence-electron chi connectivity index (χ1n) is 8.57. The monoisotopic (exact) mass is 318 g/mol. The molecule has 0 atom stereocenters. The highest BCUT2D eigenvalue weighted by atomic mass is 16.3. The standard InChI is InChI=1S/C19H30N2O2/c1-13(2)20(5)19(23)16-6-8-21(9-7-16)12-17-10-14(3)15(4)11-18(17)22/h10-11,13,16,22H,6-9,12H2,1-5H3. The molecule has 0 spiro atoms. The topological polar surface area (TPSA) is 43.8 Å². The van der Waals surface area contributed by atoms with Crippen molar-refractivity contribution in [2.75, 3.05) is 20.1 Å². The van der Waals surface area contributed by atoms with E-state index in [4.69, 9.17) is 0 Å². The van der Waals surface area contributed by atoms with Crippen LogP contribution in [-0.2, 0) is 11.3 Å². The molecule has 1 fully saturated rings. The molecule has 0 aromatic heterocycles. The van der Waals surface area contributed by atoms with Gasteiger partial charge in [-0.25, -0.2) is 0 Å². The maximum Gasteiger partial charge on any atom is 0.225 e. The summed E-state index contributed by atoms with van der Waals surface area (Å²) >= 11 is 0. The number of aryl methyl sites for hydroxylation is 2. The molecule has 1 aliphatic rings. The first-order chi connectivity index (χ1) is 10.8. The van der Waals surface area contributed by atoms with Crippen LogP contribution < -0.4 is 0 Å². The number of amides is 1. The Hall–Kier alpha value is -1.55. The summed E-state index contributed by atoms with van der Waals surface area (Å²) in [5.74, 6) is 0.798. The van der Waals surface area contributed by atoms with Gasteiger partial charge in [0, 0.05) is 31.1 Å². The van der Waals surface area contributed by atoms with Gasteiger partial charge in [0.05, 0.1) is 0 Å². The smallest absolute Gasteiger partial charge is 0.225 e. The van der Waals surface area contributed by atoms with E-state index >= 15 is 0 Å². The predicted molar refractivity (Wildman–Crippen MR) is 93.5 cm³/mol. The van der Waals surface area contributed by atoms with Crippen molar-refractivity contribution in [1.29, 1.82) is 0 Å². The van der Waals surface area contributed by atoms with E-state index in [9.17, 15) is 9.90 Å². The number of aromatic hydroxyl groups is 1. The Morgan fingerprint density at radius 1 is 1.26 bits per heavy atom. The Morgan fingerprint density at radius 3 is 2.39 bits per heavy atom. The van der Waals surface area contributed by atoms with Gasteiger partial charge in [0.1, 0.15) is 5.75 Å². The molecule has 1 aromatic carbocycles. The summed E-state index contributed by atoms with van der Waals surface area (Å²) in [6, 6.07) is 4.18. The van der Waals surface area contributed by atoms with Crippen molar-refractivity contribution >= 4 is 5.91 Å². The van der Waals surface area contributed by atoms with Crippen molar-refractivity contribution in [3.63, 3.8) is 0 Å². The van der Waals surface area contributed by atoms with E-state index in [1.165, 1.54) is 5.56 Å². The predicted octanol–water partition coefficient (Wildman–Crippen LogP) is 3.09. The number of piperidine rings is 1. The second kappa shape index (κ2) is 7.35. The molecule has 1 saturated heterocycles. The number of hydrogen-bond donors (Lipinski definition) is 1. The third kappa shape index (κ3) is 4.25. The van der Waals surface area contributed by atoms with Gasteiger partial charge in [0.2, 0.25) is 5.91 Å². The van der Waals surface area contributed by atoms with Crippen molar-refractivity contribution in [2.45, 2.75) is 53.1 Å². The molecule has 1 aromatic rings. The Balaban J connectivity index is 1.93. The van der Waals surface area contributed by atoms with Gasteiger partial charge in [-0.2, -0.15) is 0 Å². The molecule has 0 unspecified atom stereocenters. The average Bonchev–Trinajstić information content (AvgIpc) is 2.51. The first kappa shape index (κ1) is 17.8. The normalized spacial score (nSPS) is 16.8. The van der Waals surface area contributed by atoms with Crippen molar-refractivity contribution in [3.8, 4) is 5.75 Å². The Labute approximate surface area is 140 Å². The van der Waals surface area contributed by atoms with Gasteiger partial charge in [-0.05, 0) is 70.8 Å². The molecule has 23 heavy (non-hydrogen) atoms. The lowest BCUT2D eigenvalue weighted by atomic mass is 9.94. The zero-order valence-corrected chi connectivity index (χ0v) is 15.1. The molecule has 1 heterocycles. The van der Waals surface area contributed by atoms with Crippen molar-refractivity contribution in [2.24, 2.45) is 5.92 Å². The highest BCUT2D eigenvalue weighted by Gasteiger charge is 2.28. The van der Waals surface area contributed by atoms with E-state index in [2.05, 4.69) is 31.7 Å². The van der Waals surface area contributed by atoms with Gasteiger partial charge >= 0.3 is 0 Å². The summed E-state index contributed by atoms with van der Waals surface area (Å²) in [7, 11) is 1.90. The van der Waals surface area contributed by atoms with Crippen LogP contribution in [0.25, 0.3) is 0 Å². The number of phenols is 1. The fourth-order valence-corrected chi connectivity index (χ4v) is 3.11. The third-order valence-corrected chi connectivity index (χ3v) is 5.15. The van der Waals surface area contributed by atoms with Crippen LogP contribution in [0, 0.1) is 19.8 Å². The number of nitrogens with zero attached hydrogens (tertiary/aromatic N) is 2. The van der Waals surface area contributed by atoms with E-state index < -0.39 is 0 Å². The minimum Gasteiger partial charge on any atom is -0.508 e. The molecule has 1 amide bonds. The number of benzene rings is 1. The van der Waals surface area contributed by atoms with E-state index in [1.807, 2.05) is 24.9 Å². The van der Waals surface area contributed by atoms with E-state index in [0.717, 1.165) is 43.6 Å². The minimum absolute atomic E-state index is 0.145. The molecule has 1 aliphatic heterocycles. The SMILES string of the molecule is Cc1cc(O)c(CN2CCC(C(=O)N(C)C(C)C)CC2)cc1C. The number of rotatable bonds is 4. The molecular weight excluding hydrogens is 288 g/mol. The largest absolute Gasteiger partial charge is 0.508 e. The Kier molecular flexibility index (Phi) is 5.69. The third-order valence-electron chi connectivity index (χ3n) is 5.15. The molecule has 4 heteroatoms. The van der Waals surface area contributed by atoms with Crippen LogP contribution in [0.5, 0.6) is 5.75 Å². The zero-order chi connectivity index (χ0) is 17.1. The molecule has 0 bridgehead atoms. The summed E-state index contributed by atoms with van der Waals surface area (Å²) in [5, 5.41) is 10.1. The van der Waals surface area contributed by atoms with Crippen LogP contribution in [0.2, 0.25) is 0 Å². The maximum absolute atomic E-state index is 12.4. The molecule has 0 aliphatic carbocycles. The van der Waals surface area contributed by atoms with Crippen LogP contribution in [0.1, 0.15) is 43.4 Å². The summed E-state index contributed by atoms with van der Waals surface area (Å²) in [4.78, 5) is 16.6. The minimum atomic E-state index is 0.145. The van der Waals surface area contributed by atoms with E-state index in [0.29, 0.717) is 5.75 Å². The zero-order valence-electron chi connectivity index (χ0n) is 15.1. The Morgan fingerprint density at radius 2 is 1.83 bits per heavy atom. The molecule has 128 valence electrons. The number of likely N-dealkylation sites (tertiary alicyclic amines) is 1. The van der Waals surface area contributed by atoms with Crippen molar-refractivity contribution < 1.29 is 9.90 Å². The van der Waals surface area contributed by atoms with Gasteiger partial charge in [0.15, 0.2) is 0 Å². The lowest BCUT2D eigenvalue weighted by molar-refractivity contribution is -0.137. The summed E-state index contributed by atoms with van der Waals surface area (Å²) in [5.41, 5.74) is 3.31. The highest BCUT2D eigenvalue weighted by molar-refractivity contribution is 5.78. The maximum atomic E-state index is 12.4. The highest BCUT2D eigenvalue weighted by Crippen LogP contribution is 2.26. The van der Waals surface area contributed by atoms with Crippen LogP contribution in [0.15, 0.2) is 12.1 Å². The van der Waals surface area contributed by atoms with Crippen LogP contribution in [-0.4, -0.2) is 47.0 Å². The molecule has 0 radical (unpaired) electrons. The second-order valence-electron chi connectivity index (χ2n) is 7.16. The summed E-state index contributed by atoms with van der Waals surface area (Å²) in [6.45, 7) is 10.8.